The summed E-state index contributed by atoms with van der Waals surface area (Å²) in [7, 11) is 0. The molecule has 0 aromatic carbocycles. The van der Waals surface area contributed by atoms with Crippen LogP contribution >= 0.6 is 0 Å². The van der Waals surface area contributed by atoms with E-state index in [4.69, 9.17) is 300 Å². The quantitative estimate of drug-likeness (QED) is 0.203. The monoisotopic (exact) mass is 2000 g/mol. The Bertz CT molecular complexity index is 1120. The largest absolute Gasteiger partial charge is 2.00 e. The average molecular weight is 2000 g/mol. The summed E-state index contributed by atoms with van der Waals surface area (Å²) in [5.41, 5.74) is 0. The molecule has 0 bridgehead atoms. The molecule has 0 saturated heterocycles. The standard InChI is InChI=1S/20CH2O3.20Ca/c20*2-1(3)4;;;;;;;;;;;;;;;;;;;;/h20*(H2,2,3,4);;;;;;;;;;;;;;;;;;;;/q;;;;;;;;;;;;;;;;;;;;20*+2/p-40. The van der Waals surface area contributed by atoms with E-state index in [1.807, 2.05) is 0 Å². The first-order valence-corrected chi connectivity index (χ1v) is 12.2. The van der Waals surface area contributed by atoms with Gasteiger partial charge >= 0.3 is 755 Å². The molecule has 0 fully saturated rings. The van der Waals surface area contributed by atoms with E-state index in [1.165, 1.54) is 0 Å². The molecule has 0 aliphatic rings. The van der Waals surface area contributed by atoms with Crippen LogP contribution in [0.5, 0.6) is 0 Å². The van der Waals surface area contributed by atoms with Crippen LogP contribution in [0.1, 0.15) is 0 Å². The molecule has 0 radical (unpaired) electrons. The maximum absolute atomic E-state index is 8.33. The van der Waals surface area contributed by atoms with E-state index in [2.05, 4.69) is 0 Å². The fourth-order valence-corrected chi connectivity index (χ4v) is 0. The summed E-state index contributed by atoms with van der Waals surface area (Å²) in [6.07, 6.45) is -46.7. The van der Waals surface area contributed by atoms with Crippen molar-refractivity contribution in [1.29, 1.82) is 0 Å². The molecule has 0 amide bonds. The Hall–Kier alpha value is 10.6. The third-order valence-electron chi connectivity index (χ3n) is 0. The number of hydrogen-bond acceptors (Lipinski definition) is 60. The van der Waals surface area contributed by atoms with Gasteiger partial charge in [0.25, 0.3) is 0 Å². The van der Waals surface area contributed by atoms with Crippen molar-refractivity contribution in [2.45, 2.75) is 0 Å². The normalized spacial score (nSPS) is 4.80. The van der Waals surface area contributed by atoms with Crippen molar-refractivity contribution in [1.82, 2.24) is 0 Å². The molecule has 0 aromatic heterocycles. The van der Waals surface area contributed by atoms with Crippen molar-refractivity contribution in [2.24, 2.45) is 0 Å². The molecule has 0 saturated carbocycles. The smallest absolute Gasteiger partial charge is 0.652 e. The van der Waals surface area contributed by atoms with Gasteiger partial charge in [0.05, 0.1) is 0 Å². The zero-order valence-corrected chi connectivity index (χ0v) is 92.8. The van der Waals surface area contributed by atoms with E-state index in [0.29, 0.717) is 0 Å². The fraction of sp³-hybridized carbons (Fsp3) is 0. The molecule has 0 heterocycles. The van der Waals surface area contributed by atoms with Crippen molar-refractivity contribution in [3.63, 3.8) is 0 Å². The van der Waals surface area contributed by atoms with E-state index in [9.17, 15) is 0 Å². The van der Waals surface area contributed by atoms with Crippen molar-refractivity contribution in [2.75, 3.05) is 0 Å². The molecular formula is C20Ca20O60. The zero-order valence-electron chi connectivity index (χ0n) is 48.6. The van der Waals surface area contributed by atoms with E-state index in [0.717, 1.165) is 0 Å². The summed E-state index contributed by atoms with van der Waals surface area (Å²) in [6.45, 7) is 0. The first-order valence-electron chi connectivity index (χ1n) is 12.2. The van der Waals surface area contributed by atoms with Gasteiger partial charge < -0.3 is 300 Å². The van der Waals surface area contributed by atoms with Crippen molar-refractivity contribution >= 4 is 878 Å². The van der Waals surface area contributed by atoms with Gasteiger partial charge in [-0.2, -0.15) is 0 Å². The SMILES string of the molecule is O=C([O-])[O-].O=C([O-])[O-].O=C([O-])[O-].O=C([O-])[O-].O=C([O-])[O-].O=C([O-])[O-].O=C([O-])[O-].O=C([O-])[O-].O=C([O-])[O-].O=C([O-])[O-].O=C([O-])[O-].O=C([O-])[O-].O=C([O-])[O-].O=C([O-])[O-].O=C([O-])[O-].O=C([O-])[O-].O=C([O-])[O-].O=C([O-])[O-].O=C([O-])[O-].O=C([O-])[O-].[Ca+2].[Ca+2].[Ca+2].[Ca+2].[Ca+2].[Ca+2].[Ca+2].[Ca+2].[Ca+2].[Ca+2].[Ca+2].[Ca+2].[Ca+2].[Ca+2].[Ca+2].[Ca+2].[Ca+2].[Ca+2].[Ca+2].[Ca+2]. The average Bonchev–Trinajstić information content (AvgIpc) is 2.99. The van der Waals surface area contributed by atoms with E-state index in [1.54, 1.807) is 0 Å². The van der Waals surface area contributed by atoms with Gasteiger partial charge in [-0.15, -0.1) is 0 Å². The number of carbonyl (C=O) groups is 20. The minimum atomic E-state index is -2.33. The molecule has 0 aliphatic heterocycles. The molecule has 60 nitrogen and oxygen atoms in total. The van der Waals surface area contributed by atoms with Crippen LogP contribution in [0, 0.1) is 0 Å². The summed E-state index contributed by atoms with van der Waals surface area (Å²) < 4.78 is 0. The maximum Gasteiger partial charge on any atom is 2.00 e. The van der Waals surface area contributed by atoms with Crippen LogP contribution in [0.4, 0.5) is 95.9 Å². The topological polar surface area (TPSA) is 1260 Å². The van der Waals surface area contributed by atoms with Crippen LogP contribution in [0.3, 0.4) is 0 Å². The number of carbonyl (C=O) groups excluding carboxylic acids is 20. The number of hydrogen-bond donors (Lipinski definition) is 0. The first kappa shape index (κ1) is 267. The molecule has 0 aliphatic carbocycles. The van der Waals surface area contributed by atoms with Gasteiger partial charge in [0.2, 0.25) is 0 Å². The van der Waals surface area contributed by atoms with E-state index < -0.39 is 123 Å². The minimum absolute atomic E-state index is 0. The van der Waals surface area contributed by atoms with Crippen molar-refractivity contribution in [3.05, 3.63) is 0 Å². The molecular weight excluding hydrogens is 2000 g/mol. The van der Waals surface area contributed by atoms with Gasteiger partial charge in [-0.1, -0.05) is 0 Å². The van der Waals surface area contributed by atoms with Crippen LogP contribution in [0.25, 0.3) is 0 Å². The second-order valence-corrected chi connectivity index (χ2v) is 5.00. The summed E-state index contributed by atoms with van der Waals surface area (Å²) in [4.78, 5) is 167. The van der Waals surface area contributed by atoms with Gasteiger partial charge in [0, 0.05) is 0 Å². The summed E-state index contributed by atoms with van der Waals surface area (Å²) in [5, 5.41) is 333. The van der Waals surface area contributed by atoms with Gasteiger partial charge in [0.15, 0.2) is 0 Å². The zero-order chi connectivity index (χ0) is 71.5. The third-order valence-corrected chi connectivity index (χ3v) is 0. The first-order chi connectivity index (χ1) is 34.6. The molecule has 0 atom stereocenters. The Kier molecular flexibility index (Phi) is 691. The number of carboxylic acid groups (broad SMARTS) is 40. The minimum Gasteiger partial charge on any atom is -0.652 e. The Balaban J connectivity index is -0.00000000987. The molecule has 0 spiro atoms. The number of rotatable bonds is 0. The van der Waals surface area contributed by atoms with Crippen LogP contribution in [0.15, 0.2) is 0 Å². The predicted molar refractivity (Wildman–Crippen MR) is 223 cm³/mol. The van der Waals surface area contributed by atoms with Gasteiger partial charge in [-0.05, 0) is 123 Å². The Morgan fingerprint density at radius 2 is 0.0700 bits per heavy atom. The van der Waals surface area contributed by atoms with Crippen LogP contribution in [0.2, 0.25) is 0 Å². The molecule has 0 N–H and O–H groups in total. The Morgan fingerprint density at radius 3 is 0.0700 bits per heavy atom. The summed E-state index contributed by atoms with van der Waals surface area (Å²) in [5.74, 6) is 0. The summed E-state index contributed by atoms with van der Waals surface area (Å²) >= 11 is 0. The van der Waals surface area contributed by atoms with Crippen molar-refractivity contribution in [3.8, 4) is 0 Å². The van der Waals surface area contributed by atoms with Crippen molar-refractivity contribution < 1.29 is 300 Å². The Morgan fingerprint density at radius 1 is 0.0700 bits per heavy atom. The van der Waals surface area contributed by atoms with E-state index >= 15 is 0 Å². The molecule has 100 heavy (non-hydrogen) atoms. The van der Waals surface area contributed by atoms with Crippen LogP contribution in [-0.4, -0.2) is 878 Å². The maximum atomic E-state index is 8.33. The van der Waals surface area contributed by atoms with Gasteiger partial charge in [0.1, 0.15) is 0 Å². The van der Waals surface area contributed by atoms with E-state index in [-0.39, 0.29) is 755 Å². The Labute approximate surface area is 1150 Å². The molecule has 480 valence electrons. The molecule has 0 rings (SSSR count). The van der Waals surface area contributed by atoms with Crippen LogP contribution < -0.4 is 204 Å². The van der Waals surface area contributed by atoms with Gasteiger partial charge in [-0.3, -0.25) is 0 Å². The van der Waals surface area contributed by atoms with Crippen LogP contribution in [-0.2, 0) is 0 Å². The molecule has 0 unspecified atom stereocenters. The molecule has 80 heteroatoms. The predicted octanol–water partition coefficient (Wildman–Crippen LogP) is -56.6. The summed E-state index contributed by atoms with van der Waals surface area (Å²) in [6, 6.07) is 0. The third kappa shape index (κ3) is 11200. The fourth-order valence-electron chi connectivity index (χ4n) is 0. The van der Waals surface area contributed by atoms with Gasteiger partial charge in [-0.25, -0.2) is 0 Å². The molecule has 0 aromatic rings. The second-order valence-electron chi connectivity index (χ2n) is 5.00. The second kappa shape index (κ2) is 259.